The van der Waals surface area contributed by atoms with Crippen LogP contribution in [0.1, 0.15) is 23.1 Å². The van der Waals surface area contributed by atoms with E-state index in [1.165, 1.54) is 0 Å². The molecule has 8 heteroatoms. The highest BCUT2D eigenvalue weighted by atomic mass is 32.2. The number of amides is 1. The van der Waals surface area contributed by atoms with Gasteiger partial charge in [0.1, 0.15) is 11.3 Å². The van der Waals surface area contributed by atoms with Crippen LogP contribution in [0.2, 0.25) is 0 Å². The zero-order chi connectivity index (χ0) is 22.0. The van der Waals surface area contributed by atoms with Crippen molar-refractivity contribution < 1.29 is 22.4 Å². The molecule has 162 valence electrons. The van der Waals surface area contributed by atoms with Crippen molar-refractivity contribution in [3.05, 3.63) is 75.6 Å². The highest BCUT2D eigenvalue weighted by molar-refractivity contribution is 7.91. The summed E-state index contributed by atoms with van der Waals surface area (Å²) in [5.41, 5.74) is 2.48. The number of nitrogens with one attached hydrogen (secondary N) is 1. The van der Waals surface area contributed by atoms with E-state index in [0.717, 1.165) is 16.5 Å². The van der Waals surface area contributed by atoms with Crippen molar-refractivity contribution in [2.45, 2.75) is 25.8 Å². The Balaban J connectivity index is 1.46. The minimum Gasteiger partial charge on any atom is -0.484 e. The van der Waals surface area contributed by atoms with Crippen LogP contribution >= 0.6 is 0 Å². The van der Waals surface area contributed by atoms with E-state index in [2.05, 4.69) is 5.32 Å². The van der Waals surface area contributed by atoms with Gasteiger partial charge in [0, 0.05) is 29.5 Å². The van der Waals surface area contributed by atoms with Crippen molar-refractivity contribution >= 4 is 26.7 Å². The standard InChI is InChI=1S/C23H23NO6S/c1-15-19-8-7-18(29-13-22(25)24-17-9-10-31(27,28)14-17)12-21(19)30-23(26)20(15)11-16-5-3-2-4-6-16/h2-8,12,17H,9-11,13-14H2,1H3,(H,24,25). The molecule has 0 radical (unpaired) electrons. The van der Waals surface area contributed by atoms with E-state index in [1.54, 1.807) is 18.2 Å². The molecule has 4 rings (SSSR count). The van der Waals surface area contributed by atoms with Crippen LogP contribution in [0.5, 0.6) is 5.75 Å². The summed E-state index contributed by atoms with van der Waals surface area (Å²) in [7, 11) is -3.06. The first-order valence-electron chi connectivity index (χ1n) is 10.0. The Labute approximate surface area is 180 Å². The summed E-state index contributed by atoms with van der Waals surface area (Å²) < 4.78 is 34.0. The van der Waals surface area contributed by atoms with Crippen LogP contribution in [0.3, 0.4) is 0 Å². The first-order chi connectivity index (χ1) is 14.8. The van der Waals surface area contributed by atoms with Crippen LogP contribution in [0.15, 0.2) is 57.7 Å². The maximum absolute atomic E-state index is 12.6. The van der Waals surface area contributed by atoms with Gasteiger partial charge in [0.05, 0.1) is 11.5 Å². The normalized spacial score (nSPS) is 17.5. The predicted molar refractivity (Wildman–Crippen MR) is 117 cm³/mol. The number of fused-ring (bicyclic) bond motifs is 1. The average molecular weight is 442 g/mol. The van der Waals surface area contributed by atoms with Crippen LogP contribution in [0.25, 0.3) is 11.0 Å². The lowest BCUT2D eigenvalue weighted by atomic mass is 10.00. The number of hydrogen-bond donors (Lipinski definition) is 1. The van der Waals surface area contributed by atoms with Gasteiger partial charge in [-0.05, 0) is 36.6 Å². The SMILES string of the molecule is Cc1c(Cc2ccccc2)c(=O)oc2cc(OCC(=O)NC3CCS(=O)(=O)C3)ccc12. The third-order valence-corrected chi connectivity index (χ3v) is 7.22. The number of aryl methyl sites for hydroxylation is 1. The number of carbonyl (C=O) groups is 1. The molecular formula is C23H23NO6S. The summed E-state index contributed by atoms with van der Waals surface area (Å²) in [5.74, 6) is 0.0524. The number of carbonyl (C=O) groups excluding carboxylic acids is 1. The molecule has 0 saturated carbocycles. The summed E-state index contributed by atoms with van der Waals surface area (Å²) in [6, 6.07) is 14.4. The largest absolute Gasteiger partial charge is 0.484 e. The second kappa shape index (κ2) is 8.55. The fraction of sp³-hybridized carbons (Fsp3) is 0.304. The lowest BCUT2D eigenvalue weighted by molar-refractivity contribution is -0.123. The Morgan fingerprint density at radius 3 is 2.68 bits per heavy atom. The van der Waals surface area contributed by atoms with Crippen molar-refractivity contribution in [1.29, 1.82) is 0 Å². The maximum atomic E-state index is 12.6. The van der Waals surface area contributed by atoms with Gasteiger partial charge in [-0.1, -0.05) is 30.3 Å². The van der Waals surface area contributed by atoms with Gasteiger partial charge in [0.25, 0.3) is 5.91 Å². The molecule has 1 saturated heterocycles. The van der Waals surface area contributed by atoms with Crippen molar-refractivity contribution in [3.63, 3.8) is 0 Å². The number of ether oxygens (including phenoxy) is 1. The molecule has 0 bridgehead atoms. The van der Waals surface area contributed by atoms with Gasteiger partial charge in [-0.15, -0.1) is 0 Å². The van der Waals surface area contributed by atoms with Gasteiger partial charge in [0.15, 0.2) is 16.4 Å². The van der Waals surface area contributed by atoms with Gasteiger partial charge in [-0.25, -0.2) is 13.2 Å². The molecule has 1 aliphatic rings. The molecule has 7 nitrogen and oxygen atoms in total. The first kappa shape index (κ1) is 21.1. The van der Waals surface area contributed by atoms with Gasteiger partial charge >= 0.3 is 5.63 Å². The predicted octanol–water partition coefficient (Wildman–Crippen LogP) is 2.37. The molecule has 3 aromatic rings. The van der Waals surface area contributed by atoms with Crippen molar-refractivity contribution in [2.75, 3.05) is 18.1 Å². The Kier molecular flexibility index (Phi) is 5.82. The molecule has 1 atom stereocenters. The second-order valence-corrected chi connectivity index (χ2v) is 10.00. The average Bonchev–Trinajstić information content (AvgIpc) is 3.08. The van der Waals surface area contributed by atoms with Crippen LogP contribution in [-0.2, 0) is 21.1 Å². The monoisotopic (exact) mass is 441 g/mol. The minimum absolute atomic E-state index is 0.0372. The summed E-state index contributed by atoms with van der Waals surface area (Å²) in [6.45, 7) is 1.64. The zero-order valence-corrected chi connectivity index (χ0v) is 17.9. The molecule has 0 spiro atoms. The molecule has 1 aromatic heterocycles. The third-order valence-electron chi connectivity index (χ3n) is 5.45. The fourth-order valence-electron chi connectivity index (χ4n) is 3.80. The van der Waals surface area contributed by atoms with Gasteiger partial charge < -0.3 is 14.5 Å². The van der Waals surface area contributed by atoms with Gasteiger partial charge in [-0.2, -0.15) is 0 Å². The first-order valence-corrected chi connectivity index (χ1v) is 11.9. The van der Waals surface area contributed by atoms with Crippen molar-refractivity contribution in [3.8, 4) is 5.75 Å². The van der Waals surface area contributed by atoms with E-state index in [4.69, 9.17) is 9.15 Å². The number of sulfone groups is 1. The van der Waals surface area contributed by atoms with E-state index >= 15 is 0 Å². The summed E-state index contributed by atoms with van der Waals surface area (Å²) in [6.07, 6.45) is 0.903. The van der Waals surface area contributed by atoms with Crippen molar-refractivity contribution in [1.82, 2.24) is 5.32 Å². The van der Waals surface area contributed by atoms with Gasteiger partial charge in [-0.3, -0.25) is 4.79 Å². The minimum atomic E-state index is -3.06. The Morgan fingerprint density at radius 2 is 1.97 bits per heavy atom. The van der Waals surface area contributed by atoms with Crippen LogP contribution in [0, 0.1) is 6.92 Å². The quantitative estimate of drug-likeness (QED) is 0.589. The van der Waals surface area contributed by atoms with Crippen LogP contribution in [0.4, 0.5) is 0 Å². The highest BCUT2D eigenvalue weighted by Gasteiger charge is 2.28. The molecule has 2 heterocycles. The molecule has 1 fully saturated rings. The molecule has 1 amide bonds. The maximum Gasteiger partial charge on any atom is 0.340 e. The van der Waals surface area contributed by atoms with Gasteiger partial charge in [0.2, 0.25) is 0 Å². The van der Waals surface area contributed by atoms with Crippen LogP contribution < -0.4 is 15.7 Å². The lowest BCUT2D eigenvalue weighted by Crippen LogP contribution is -2.38. The molecule has 1 N–H and O–H groups in total. The van der Waals surface area contributed by atoms with Crippen LogP contribution in [-0.4, -0.2) is 38.5 Å². The topological polar surface area (TPSA) is 103 Å². The number of rotatable bonds is 6. The van der Waals surface area contributed by atoms with E-state index < -0.39 is 21.4 Å². The molecule has 31 heavy (non-hydrogen) atoms. The molecule has 0 aliphatic carbocycles. The number of benzene rings is 2. The number of hydrogen-bond acceptors (Lipinski definition) is 6. The Hall–Kier alpha value is -3.13. The molecular weight excluding hydrogens is 418 g/mol. The summed E-state index contributed by atoms with van der Waals surface area (Å²) >= 11 is 0. The highest BCUT2D eigenvalue weighted by Crippen LogP contribution is 2.25. The smallest absolute Gasteiger partial charge is 0.340 e. The molecule has 1 unspecified atom stereocenters. The fourth-order valence-corrected chi connectivity index (χ4v) is 5.47. The summed E-state index contributed by atoms with van der Waals surface area (Å²) in [5, 5.41) is 3.48. The van der Waals surface area contributed by atoms with E-state index in [9.17, 15) is 18.0 Å². The lowest BCUT2D eigenvalue weighted by Gasteiger charge is -2.12. The van der Waals surface area contributed by atoms with Crippen molar-refractivity contribution in [2.24, 2.45) is 0 Å². The molecule has 1 aliphatic heterocycles. The van der Waals surface area contributed by atoms with E-state index in [1.807, 2.05) is 37.3 Å². The zero-order valence-electron chi connectivity index (χ0n) is 17.1. The summed E-state index contributed by atoms with van der Waals surface area (Å²) in [4.78, 5) is 24.6. The molecule has 2 aromatic carbocycles. The third kappa shape index (κ3) is 4.96. The Bertz CT molecular complexity index is 1280. The van der Waals surface area contributed by atoms with E-state index in [-0.39, 0.29) is 24.2 Å². The Morgan fingerprint density at radius 1 is 1.19 bits per heavy atom. The van der Waals surface area contributed by atoms with E-state index in [0.29, 0.717) is 29.7 Å². The second-order valence-electron chi connectivity index (χ2n) is 7.77.